The third kappa shape index (κ3) is 3.75. The zero-order valence-corrected chi connectivity index (χ0v) is 14.0. The summed E-state index contributed by atoms with van der Waals surface area (Å²) >= 11 is 1.34. The molecule has 1 amide bonds. The predicted octanol–water partition coefficient (Wildman–Crippen LogP) is 3.48. The summed E-state index contributed by atoms with van der Waals surface area (Å²) in [5, 5.41) is 1.82. The first-order valence-corrected chi connectivity index (χ1v) is 8.39. The lowest BCUT2D eigenvalue weighted by Crippen LogP contribution is -2.21. The van der Waals surface area contributed by atoms with Gasteiger partial charge >= 0.3 is 0 Å². The molecule has 0 radical (unpaired) electrons. The van der Waals surface area contributed by atoms with Gasteiger partial charge in [-0.15, -0.1) is 11.3 Å². The summed E-state index contributed by atoms with van der Waals surface area (Å²) in [5.41, 5.74) is 2.20. The number of amides is 1. The number of rotatable bonds is 4. The monoisotopic (exact) mass is 336 g/mol. The van der Waals surface area contributed by atoms with Crippen LogP contribution in [0.25, 0.3) is 0 Å². The number of Topliss-reactive ketones (excluding diaryl/α,β-unsaturated/α-hetero) is 1. The summed E-state index contributed by atoms with van der Waals surface area (Å²) in [6.45, 7) is 2.09. The molecule has 0 N–H and O–H groups in total. The van der Waals surface area contributed by atoms with Crippen molar-refractivity contribution in [1.29, 1.82) is 0 Å². The Morgan fingerprint density at radius 3 is 2.54 bits per heavy atom. The van der Waals surface area contributed by atoms with Crippen molar-refractivity contribution >= 4 is 23.0 Å². The van der Waals surface area contributed by atoms with E-state index in [0.29, 0.717) is 15.9 Å². The Hall–Kier alpha value is -2.79. The lowest BCUT2D eigenvalue weighted by Gasteiger charge is -2.03. The number of ketones is 1. The molecule has 3 aromatic rings. The normalized spacial score (nSPS) is 11.5. The van der Waals surface area contributed by atoms with Gasteiger partial charge in [-0.3, -0.25) is 9.59 Å². The van der Waals surface area contributed by atoms with E-state index < -0.39 is 0 Å². The molecule has 0 aliphatic heterocycles. The summed E-state index contributed by atoms with van der Waals surface area (Å²) in [6.07, 6.45) is 1.77. The fraction of sp³-hybridized carbons (Fsp3) is 0.105. The minimum Gasteiger partial charge on any atom is -0.316 e. The molecule has 0 bridgehead atoms. The minimum absolute atomic E-state index is 0.0153. The zero-order valence-electron chi connectivity index (χ0n) is 13.2. The molecular formula is C19H16N2O2S. The number of carbonyl (C=O) groups excluding carboxylic acids is 2. The molecule has 0 saturated carbocycles. The molecule has 3 rings (SSSR count). The van der Waals surface area contributed by atoms with Crippen molar-refractivity contribution in [2.75, 3.05) is 0 Å². The van der Waals surface area contributed by atoms with Crippen LogP contribution in [0.5, 0.6) is 0 Å². The van der Waals surface area contributed by atoms with Crippen LogP contribution in [0.2, 0.25) is 0 Å². The van der Waals surface area contributed by atoms with Gasteiger partial charge in [0.05, 0.1) is 6.54 Å². The van der Waals surface area contributed by atoms with Crippen molar-refractivity contribution in [3.63, 3.8) is 0 Å². The number of thiazole rings is 1. The fourth-order valence-electron chi connectivity index (χ4n) is 2.31. The van der Waals surface area contributed by atoms with Crippen LogP contribution in [-0.2, 0) is 6.54 Å². The molecule has 0 fully saturated rings. The van der Waals surface area contributed by atoms with Crippen molar-refractivity contribution < 1.29 is 9.59 Å². The van der Waals surface area contributed by atoms with Gasteiger partial charge in [0, 0.05) is 22.7 Å². The number of carbonyl (C=O) groups is 2. The third-order valence-corrected chi connectivity index (χ3v) is 4.33. The Labute approximate surface area is 143 Å². The van der Waals surface area contributed by atoms with Crippen LogP contribution in [0, 0.1) is 6.92 Å². The second kappa shape index (κ2) is 7.19. The second-order valence-corrected chi connectivity index (χ2v) is 6.26. The van der Waals surface area contributed by atoms with Gasteiger partial charge in [0.15, 0.2) is 10.6 Å². The van der Waals surface area contributed by atoms with Crippen molar-refractivity contribution in [2.24, 2.45) is 4.99 Å². The molecule has 1 aromatic heterocycles. The molecule has 0 aliphatic carbocycles. The van der Waals surface area contributed by atoms with Gasteiger partial charge in [0.25, 0.3) is 5.91 Å². The Morgan fingerprint density at radius 2 is 1.79 bits per heavy atom. The summed E-state index contributed by atoms with van der Waals surface area (Å²) in [5.74, 6) is -0.319. The Bertz CT molecular complexity index is 939. The fourth-order valence-corrected chi connectivity index (χ4v) is 3.03. The molecule has 120 valence electrons. The highest BCUT2D eigenvalue weighted by Crippen LogP contribution is 2.06. The number of benzene rings is 2. The number of aryl methyl sites for hydroxylation is 1. The molecule has 1 heterocycles. The van der Waals surface area contributed by atoms with Crippen LogP contribution >= 0.6 is 11.3 Å². The number of hydrogen-bond donors (Lipinski definition) is 0. The van der Waals surface area contributed by atoms with Gasteiger partial charge in [-0.1, -0.05) is 48.0 Å². The van der Waals surface area contributed by atoms with Crippen LogP contribution in [0.15, 0.2) is 71.2 Å². The summed E-state index contributed by atoms with van der Waals surface area (Å²) in [4.78, 5) is 29.3. The SMILES string of the molecule is Cc1cccc(C(=O)N=c2sccn2CC(=O)c2ccccc2)c1. The molecule has 0 atom stereocenters. The van der Waals surface area contributed by atoms with Gasteiger partial charge in [-0.2, -0.15) is 4.99 Å². The highest BCUT2D eigenvalue weighted by atomic mass is 32.1. The van der Waals surface area contributed by atoms with Gasteiger partial charge in [0.1, 0.15) is 0 Å². The minimum atomic E-state index is -0.304. The number of aromatic nitrogens is 1. The highest BCUT2D eigenvalue weighted by Gasteiger charge is 2.09. The van der Waals surface area contributed by atoms with Gasteiger partial charge in [-0.25, -0.2) is 0 Å². The van der Waals surface area contributed by atoms with Crippen LogP contribution < -0.4 is 4.80 Å². The predicted molar refractivity (Wildman–Crippen MR) is 94.2 cm³/mol. The molecule has 2 aromatic carbocycles. The number of hydrogen-bond acceptors (Lipinski definition) is 3. The van der Waals surface area contributed by atoms with E-state index in [1.165, 1.54) is 11.3 Å². The Kier molecular flexibility index (Phi) is 4.82. The molecular weight excluding hydrogens is 320 g/mol. The molecule has 0 spiro atoms. The van der Waals surface area contributed by atoms with Crippen molar-refractivity contribution in [3.05, 3.63) is 87.7 Å². The standard InChI is InChI=1S/C19H16N2O2S/c1-14-6-5-9-16(12-14)18(23)20-19-21(10-11-24-19)13-17(22)15-7-3-2-4-8-15/h2-12H,13H2,1H3. The maximum absolute atomic E-state index is 12.3. The van der Waals surface area contributed by atoms with Gasteiger partial charge in [-0.05, 0) is 19.1 Å². The number of nitrogens with zero attached hydrogens (tertiary/aromatic N) is 2. The summed E-state index contributed by atoms with van der Waals surface area (Å²) in [7, 11) is 0. The molecule has 24 heavy (non-hydrogen) atoms. The topological polar surface area (TPSA) is 51.4 Å². The molecule has 0 unspecified atom stereocenters. The van der Waals surface area contributed by atoms with Crippen LogP contribution in [0.4, 0.5) is 0 Å². The third-order valence-electron chi connectivity index (χ3n) is 3.53. The maximum Gasteiger partial charge on any atom is 0.279 e. The first kappa shape index (κ1) is 16.1. The van der Waals surface area contributed by atoms with E-state index in [1.54, 1.807) is 35.0 Å². The van der Waals surface area contributed by atoms with Crippen molar-refractivity contribution in [1.82, 2.24) is 4.57 Å². The van der Waals surface area contributed by atoms with Crippen molar-refractivity contribution in [2.45, 2.75) is 13.5 Å². The first-order chi connectivity index (χ1) is 11.6. The van der Waals surface area contributed by atoms with E-state index in [1.807, 2.05) is 42.6 Å². The van der Waals surface area contributed by atoms with E-state index in [0.717, 1.165) is 5.56 Å². The zero-order chi connectivity index (χ0) is 16.9. The van der Waals surface area contributed by atoms with E-state index in [4.69, 9.17) is 0 Å². The van der Waals surface area contributed by atoms with Gasteiger partial charge in [0.2, 0.25) is 0 Å². The Balaban J connectivity index is 1.85. The van der Waals surface area contributed by atoms with Crippen LogP contribution in [0.1, 0.15) is 26.3 Å². The van der Waals surface area contributed by atoms with E-state index >= 15 is 0 Å². The molecule has 5 heteroatoms. The van der Waals surface area contributed by atoms with E-state index in [2.05, 4.69) is 4.99 Å². The molecule has 0 aliphatic rings. The molecule has 0 saturated heterocycles. The quantitative estimate of drug-likeness (QED) is 0.685. The van der Waals surface area contributed by atoms with Crippen LogP contribution in [-0.4, -0.2) is 16.3 Å². The Morgan fingerprint density at radius 1 is 1.04 bits per heavy atom. The lowest BCUT2D eigenvalue weighted by molar-refractivity contribution is 0.0963. The van der Waals surface area contributed by atoms with E-state index in [9.17, 15) is 9.59 Å². The van der Waals surface area contributed by atoms with Crippen LogP contribution in [0.3, 0.4) is 0 Å². The average Bonchev–Trinajstić information content (AvgIpc) is 3.02. The average molecular weight is 336 g/mol. The molecule has 4 nitrogen and oxygen atoms in total. The summed E-state index contributed by atoms with van der Waals surface area (Å²) in [6, 6.07) is 16.4. The smallest absolute Gasteiger partial charge is 0.279 e. The van der Waals surface area contributed by atoms with E-state index in [-0.39, 0.29) is 18.2 Å². The van der Waals surface area contributed by atoms with Gasteiger partial charge < -0.3 is 4.57 Å². The first-order valence-electron chi connectivity index (χ1n) is 7.51. The lowest BCUT2D eigenvalue weighted by atomic mass is 10.1. The second-order valence-electron chi connectivity index (χ2n) is 5.39. The highest BCUT2D eigenvalue weighted by molar-refractivity contribution is 7.07. The van der Waals surface area contributed by atoms with Crippen molar-refractivity contribution in [3.8, 4) is 0 Å². The largest absolute Gasteiger partial charge is 0.316 e. The summed E-state index contributed by atoms with van der Waals surface area (Å²) < 4.78 is 1.70. The maximum atomic E-state index is 12.3.